The number of aliphatic hydroxyl groups excluding tert-OH is 1. The van der Waals surface area contributed by atoms with Crippen molar-refractivity contribution in [3.8, 4) is 0 Å². The molecule has 1 aromatic rings. The van der Waals surface area contributed by atoms with Crippen molar-refractivity contribution in [2.24, 2.45) is 11.8 Å². The third-order valence-electron chi connectivity index (χ3n) is 4.39. The fraction of sp³-hybridized carbons (Fsp3) is 0.667. The summed E-state index contributed by atoms with van der Waals surface area (Å²) in [7, 11) is 0. The zero-order valence-corrected chi connectivity index (χ0v) is 10.9. The number of nitrogens with one attached hydrogen (secondary N) is 1. The van der Waals surface area contributed by atoms with Gasteiger partial charge in [-0.2, -0.15) is 0 Å². The highest BCUT2D eigenvalue weighted by molar-refractivity contribution is 7.98. The molecule has 0 radical (unpaired) electrons. The van der Waals surface area contributed by atoms with Crippen LogP contribution in [0.2, 0.25) is 0 Å². The van der Waals surface area contributed by atoms with Crippen molar-refractivity contribution in [1.82, 2.24) is 9.97 Å². The van der Waals surface area contributed by atoms with Gasteiger partial charge in [-0.25, -0.2) is 9.97 Å². The first-order chi connectivity index (χ1) is 8.18. The van der Waals surface area contributed by atoms with E-state index in [0.717, 1.165) is 28.4 Å². The Bertz CT molecular complexity index is 445. The van der Waals surface area contributed by atoms with E-state index in [2.05, 4.69) is 22.2 Å². The van der Waals surface area contributed by atoms with E-state index in [1.807, 2.05) is 6.26 Å². The Hall–Kier alpha value is -0.810. The minimum atomic E-state index is -0.00904. The summed E-state index contributed by atoms with van der Waals surface area (Å²) in [4.78, 5) is 8.66. The third-order valence-corrected chi connectivity index (χ3v) is 4.96. The molecule has 0 aromatic carbocycles. The van der Waals surface area contributed by atoms with E-state index in [4.69, 9.17) is 0 Å². The Morgan fingerprint density at radius 2 is 2.35 bits per heavy atom. The topological polar surface area (TPSA) is 58.0 Å². The van der Waals surface area contributed by atoms with Gasteiger partial charge in [-0.05, 0) is 30.9 Å². The zero-order chi connectivity index (χ0) is 12.0. The molecule has 0 saturated heterocycles. The molecule has 5 heteroatoms. The van der Waals surface area contributed by atoms with Gasteiger partial charge in [0.25, 0.3) is 0 Å². The van der Waals surface area contributed by atoms with Crippen LogP contribution < -0.4 is 5.32 Å². The minimum Gasteiger partial charge on any atom is -0.391 e. The molecule has 0 amide bonds. The first kappa shape index (κ1) is 11.3. The van der Waals surface area contributed by atoms with E-state index >= 15 is 0 Å². The maximum atomic E-state index is 9.32. The molecule has 4 nitrogen and oxygen atoms in total. The molecule has 0 unspecified atom stereocenters. The van der Waals surface area contributed by atoms with Gasteiger partial charge in [0.05, 0.1) is 6.61 Å². The van der Waals surface area contributed by atoms with Crippen LogP contribution in [-0.2, 0) is 6.61 Å². The van der Waals surface area contributed by atoms with Gasteiger partial charge in [0.2, 0.25) is 0 Å². The van der Waals surface area contributed by atoms with E-state index in [1.54, 1.807) is 6.20 Å². The van der Waals surface area contributed by atoms with Crippen LogP contribution in [0, 0.1) is 11.8 Å². The minimum absolute atomic E-state index is 0.00904. The molecule has 4 rings (SSSR count). The van der Waals surface area contributed by atoms with Crippen molar-refractivity contribution < 1.29 is 5.11 Å². The second-order valence-corrected chi connectivity index (χ2v) is 5.90. The summed E-state index contributed by atoms with van der Waals surface area (Å²) in [5, 5.41) is 13.6. The van der Waals surface area contributed by atoms with Crippen molar-refractivity contribution in [2.45, 2.75) is 37.1 Å². The summed E-state index contributed by atoms with van der Waals surface area (Å²) in [6.45, 7) is 2.28. The molecule has 2 bridgehead atoms. The molecular formula is C12H17N3OS. The molecule has 0 aliphatic heterocycles. The Morgan fingerprint density at radius 1 is 1.59 bits per heavy atom. The van der Waals surface area contributed by atoms with E-state index < -0.39 is 0 Å². The summed E-state index contributed by atoms with van der Waals surface area (Å²) in [5.74, 6) is 2.46. The van der Waals surface area contributed by atoms with Crippen molar-refractivity contribution in [1.29, 1.82) is 0 Å². The Balaban J connectivity index is 1.85. The van der Waals surface area contributed by atoms with Crippen molar-refractivity contribution >= 4 is 17.6 Å². The number of aromatic nitrogens is 2. The fourth-order valence-electron chi connectivity index (χ4n) is 2.90. The van der Waals surface area contributed by atoms with Gasteiger partial charge in [-0.3, -0.25) is 0 Å². The predicted molar refractivity (Wildman–Crippen MR) is 68.0 cm³/mol. The number of rotatable bonds is 4. The van der Waals surface area contributed by atoms with Crippen molar-refractivity contribution in [3.05, 3.63) is 11.8 Å². The van der Waals surface area contributed by atoms with Gasteiger partial charge in [0.1, 0.15) is 5.82 Å². The first-order valence-corrected chi connectivity index (χ1v) is 7.20. The number of aliphatic hydroxyl groups is 1. The van der Waals surface area contributed by atoms with Gasteiger partial charge in [0, 0.05) is 17.3 Å². The molecule has 3 aliphatic carbocycles. The van der Waals surface area contributed by atoms with Crippen LogP contribution in [0.1, 0.15) is 25.3 Å². The summed E-state index contributed by atoms with van der Waals surface area (Å²) in [6.07, 6.45) is 6.17. The summed E-state index contributed by atoms with van der Waals surface area (Å²) in [5.41, 5.74) is 1.04. The monoisotopic (exact) mass is 251 g/mol. The molecule has 3 aliphatic rings. The van der Waals surface area contributed by atoms with E-state index in [1.165, 1.54) is 24.6 Å². The fourth-order valence-corrected chi connectivity index (χ4v) is 3.24. The van der Waals surface area contributed by atoms with Gasteiger partial charge >= 0.3 is 0 Å². The van der Waals surface area contributed by atoms with Gasteiger partial charge in [-0.1, -0.05) is 18.7 Å². The first-order valence-electron chi connectivity index (χ1n) is 5.97. The molecule has 1 heterocycles. The number of thioether (sulfide) groups is 1. The largest absolute Gasteiger partial charge is 0.391 e. The maximum absolute atomic E-state index is 9.32. The lowest BCUT2D eigenvalue weighted by Crippen LogP contribution is -2.70. The van der Waals surface area contributed by atoms with Crippen LogP contribution in [-0.4, -0.2) is 26.9 Å². The molecule has 3 fully saturated rings. The number of hydrogen-bond donors (Lipinski definition) is 2. The summed E-state index contributed by atoms with van der Waals surface area (Å²) >= 11 is 1.52. The Morgan fingerprint density at radius 3 is 2.82 bits per heavy atom. The SMILES string of the molecule is CSc1ncc(CO)c(NC23CC(C2)[C@H]3C)n1. The molecule has 3 saturated carbocycles. The molecule has 1 aromatic heterocycles. The van der Waals surface area contributed by atoms with E-state index in [-0.39, 0.29) is 12.1 Å². The molecule has 0 spiro atoms. The smallest absolute Gasteiger partial charge is 0.189 e. The predicted octanol–water partition coefficient (Wildman–Crippen LogP) is 1.90. The van der Waals surface area contributed by atoms with Crippen molar-refractivity contribution in [2.75, 3.05) is 11.6 Å². The van der Waals surface area contributed by atoms with Crippen molar-refractivity contribution in [3.63, 3.8) is 0 Å². The van der Waals surface area contributed by atoms with E-state index in [9.17, 15) is 5.11 Å². The molecular weight excluding hydrogens is 234 g/mol. The molecule has 17 heavy (non-hydrogen) atoms. The average Bonchev–Trinajstić information content (AvgIpc) is 2.33. The van der Waals surface area contributed by atoms with Gasteiger partial charge in [0.15, 0.2) is 5.16 Å². The van der Waals surface area contributed by atoms with Gasteiger partial charge in [-0.15, -0.1) is 0 Å². The highest BCUT2D eigenvalue weighted by atomic mass is 32.2. The Labute approximate surface area is 105 Å². The Kier molecular flexibility index (Phi) is 2.56. The highest BCUT2D eigenvalue weighted by Gasteiger charge is 2.63. The normalized spacial score (nSPS) is 33.8. The lowest BCUT2D eigenvalue weighted by Gasteiger charge is -2.67. The van der Waals surface area contributed by atoms with Gasteiger partial charge < -0.3 is 10.4 Å². The van der Waals surface area contributed by atoms with Crippen LogP contribution in [0.25, 0.3) is 0 Å². The highest BCUT2D eigenvalue weighted by Crippen LogP contribution is 2.63. The lowest BCUT2D eigenvalue weighted by molar-refractivity contribution is -0.0813. The average molecular weight is 251 g/mol. The van der Waals surface area contributed by atoms with Crippen LogP contribution in [0.3, 0.4) is 0 Å². The summed E-state index contributed by atoms with van der Waals surface area (Å²) in [6, 6.07) is 0. The second-order valence-electron chi connectivity index (χ2n) is 5.13. The van der Waals surface area contributed by atoms with Crippen LogP contribution >= 0.6 is 11.8 Å². The lowest BCUT2D eigenvalue weighted by atomic mass is 9.43. The van der Waals surface area contributed by atoms with Crippen LogP contribution in [0.4, 0.5) is 5.82 Å². The summed E-state index contributed by atoms with van der Waals surface area (Å²) < 4.78 is 0. The van der Waals surface area contributed by atoms with E-state index in [0.29, 0.717) is 0 Å². The number of anilines is 1. The quantitative estimate of drug-likeness (QED) is 0.632. The second kappa shape index (κ2) is 3.85. The standard InChI is InChI=1S/C12H17N3OS/c1-7-8-3-12(7,4-8)15-10-9(6-16)5-13-11(14-10)17-2/h5,7-8,16H,3-4,6H2,1-2H3,(H,13,14,15)/t7-,8?,12?/m1/s1. The number of nitrogens with zero attached hydrogens (tertiary/aromatic N) is 2. The number of hydrogen-bond acceptors (Lipinski definition) is 5. The van der Waals surface area contributed by atoms with Crippen LogP contribution in [0.15, 0.2) is 11.4 Å². The zero-order valence-electron chi connectivity index (χ0n) is 10.1. The molecule has 2 N–H and O–H groups in total. The molecule has 92 valence electrons. The molecule has 1 atom stereocenters. The maximum Gasteiger partial charge on any atom is 0.189 e. The van der Waals surface area contributed by atoms with Crippen LogP contribution in [0.5, 0.6) is 0 Å². The third kappa shape index (κ3) is 1.56.